The molecular weight excluding hydrogens is 400 g/mol. The Hall–Kier alpha value is -3.57. The van der Waals surface area contributed by atoms with Gasteiger partial charge in [-0.2, -0.15) is 0 Å². The van der Waals surface area contributed by atoms with Crippen LogP contribution in [0.3, 0.4) is 0 Å². The van der Waals surface area contributed by atoms with Crippen molar-refractivity contribution in [3.05, 3.63) is 88.5 Å². The standard InChI is InChI=1S/C24H19ClN2O3/c1-15-7-10-22-20(13-15)27(2)24(29)18-14-17(9-11-21(18)30-22)26-23(28)12-8-16-5-3-4-6-19(16)25/h3-14H,1-2H3,(H,26,28)/b12-8+. The van der Waals surface area contributed by atoms with E-state index < -0.39 is 0 Å². The van der Waals surface area contributed by atoms with Crippen LogP contribution in [0, 0.1) is 6.92 Å². The molecule has 0 fully saturated rings. The smallest absolute Gasteiger partial charge is 0.261 e. The van der Waals surface area contributed by atoms with Gasteiger partial charge in [-0.05, 0) is 60.5 Å². The van der Waals surface area contributed by atoms with E-state index in [2.05, 4.69) is 5.32 Å². The average Bonchev–Trinajstić information content (AvgIpc) is 2.83. The lowest BCUT2D eigenvalue weighted by atomic mass is 10.1. The van der Waals surface area contributed by atoms with E-state index in [0.717, 1.165) is 11.1 Å². The second-order valence-corrected chi connectivity index (χ2v) is 7.40. The van der Waals surface area contributed by atoms with Crippen molar-refractivity contribution in [2.75, 3.05) is 17.3 Å². The number of nitrogens with one attached hydrogen (secondary N) is 1. The maximum absolute atomic E-state index is 13.0. The van der Waals surface area contributed by atoms with E-state index in [-0.39, 0.29) is 11.8 Å². The SMILES string of the molecule is Cc1ccc2c(c1)N(C)C(=O)c1cc(NC(=O)/C=C/c3ccccc3Cl)ccc1O2. The molecule has 0 atom stereocenters. The molecule has 6 heteroatoms. The van der Waals surface area contributed by atoms with Crippen LogP contribution in [-0.2, 0) is 4.79 Å². The minimum atomic E-state index is -0.330. The number of anilines is 2. The number of aryl methyl sites for hydroxylation is 1. The summed E-state index contributed by atoms with van der Waals surface area (Å²) in [5.74, 6) is 0.509. The van der Waals surface area contributed by atoms with Gasteiger partial charge >= 0.3 is 0 Å². The number of nitrogens with zero attached hydrogens (tertiary/aromatic N) is 1. The summed E-state index contributed by atoms with van der Waals surface area (Å²) < 4.78 is 5.97. The summed E-state index contributed by atoms with van der Waals surface area (Å²) in [4.78, 5) is 26.9. The minimum absolute atomic E-state index is 0.211. The van der Waals surface area contributed by atoms with Gasteiger partial charge in [0.25, 0.3) is 5.91 Å². The highest BCUT2D eigenvalue weighted by Crippen LogP contribution is 2.39. The van der Waals surface area contributed by atoms with Gasteiger partial charge in [0.1, 0.15) is 5.75 Å². The molecule has 0 saturated heterocycles. The quantitative estimate of drug-likeness (QED) is 0.556. The van der Waals surface area contributed by atoms with E-state index in [1.165, 1.54) is 6.08 Å². The first kappa shape index (κ1) is 19.7. The summed E-state index contributed by atoms with van der Waals surface area (Å²) in [6.07, 6.45) is 3.04. The van der Waals surface area contributed by atoms with Crippen molar-refractivity contribution >= 4 is 40.9 Å². The number of hydrogen-bond donors (Lipinski definition) is 1. The van der Waals surface area contributed by atoms with Crippen LogP contribution in [0.1, 0.15) is 21.5 Å². The minimum Gasteiger partial charge on any atom is -0.454 e. The van der Waals surface area contributed by atoms with Crippen LogP contribution in [0.2, 0.25) is 5.02 Å². The molecule has 2 amide bonds. The number of ether oxygens (including phenoxy) is 1. The third-order valence-corrected chi connectivity index (χ3v) is 5.14. The van der Waals surface area contributed by atoms with Gasteiger partial charge in [-0.15, -0.1) is 0 Å². The monoisotopic (exact) mass is 418 g/mol. The lowest BCUT2D eigenvalue weighted by Crippen LogP contribution is -2.25. The highest BCUT2D eigenvalue weighted by Gasteiger charge is 2.26. The van der Waals surface area contributed by atoms with E-state index in [9.17, 15) is 9.59 Å². The topological polar surface area (TPSA) is 58.6 Å². The van der Waals surface area contributed by atoms with E-state index in [1.54, 1.807) is 42.3 Å². The molecule has 150 valence electrons. The first-order chi connectivity index (χ1) is 14.4. The Balaban J connectivity index is 1.57. The average molecular weight is 419 g/mol. The number of fused-ring (bicyclic) bond motifs is 2. The van der Waals surface area contributed by atoms with Crippen molar-refractivity contribution in [2.45, 2.75) is 6.92 Å². The number of carbonyl (C=O) groups is 2. The molecule has 0 aliphatic carbocycles. The number of benzene rings is 3. The predicted molar refractivity (Wildman–Crippen MR) is 120 cm³/mol. The zero-order valence-electron chi connectivity index (χ0n) is 16.5. The molecule has 1 heterocycles. The molecule has 0 aromatic heterocycles. The van der Waals surface area contributed by atoms with Crippen molar-refractivity contribution in [2.24, 2.45) is 0 Å². The molecule has 1 aliphatic heterocycles. The van der Waals surface area contributed by atoms with Crippen LogP contribution in [0.4, 0.5) is 11.4 Å². The second-order valence-electron chi connectivity index (χ2n) is 6.99. The molecule has 4 rings (SSSR count). The molecule has 30 heavy (non-hydrogen) atoms. The molecular formula is C24H19ClN2O3. The number of carbonyl (C=O) groups excluding carboxylic acids is 2. The fraction of sp³-hybridized carbons (Fsp3) is 0.0833. The third kappa shape index (κ3) is 3.93. The van der Waals surface area contributed by atoms with Crippen LogP contribution in [-0.4, -0.2) is 18.9 Å². The van der Waals surface area contributed by atoms with E-state index in [1.807, 2.05) is 43.3 Å². The number of hydrogen-bond acceptors (Lipinski definition) is 3. The van der Waals surface area contributed by atoms with Crippen molar-refractivity contribution in [1.29, 1.82) is 0 Å². The van der Waals surface area contributed by atoms with Gasteiger partial charge in [0, 0.05) is 23.8 Å². The maximum atomic E-state index is 13.0. The van der Waals surface area contributed by atoms with Gasteiger partial charge in [0.05, 0.1) is 11.3 Å². The van der Waals surface area contributed by atoms with Crippen molar-refractivity contribution in [3.63, 3.8) is 0 Å². The van der Waals surface area contributed by atoms with Crippen molar-refractivity contribution in [3.8, 4) is 11.5 Å². The van der Waals surface area contributed by atoms with Crippen molar-refractivity contribution in [1.82, 2.24) is 0 Å². The molecule has 1 N–H and O–H groups in total. The fourth-order valence-corrected chi connectivity index (χ4v) is 3.41. The van der Waals surface area contributed by atoms with Gasteiger partial charge in [-0.25, -0.2) is 0 Å². The summed E-state index contributed by atoms with van der Waals surface area (Å²) in [6.45, 7) is 1.96. The Morgan fingerprint density at radius 1 is 1.07 bits per heavy atom. The molecule has 0 unspecified atom stereocenters. The molecule has 3 aromatic rings. The molecule has 1 aliphatic rings. The number of halogens is 1. The summed E-state index contributed by atoms with van der Waals surface area (Å²) in [6, 6.07) is 17.9. The Bertz CT molecular complexity index is 1190. The van der Waals surface area contributed by atoms with Gasteiger partial charge in [-0.1, -0.05) is 35.9 Å². The third-order valence-electron chi connectivity index (χ3n) is 4.80. The van der Waals surface area contributed by atoms with E-state index in [0.29, 0.717) is 33.5 Å². The number of rotatable bonds is 3. The van der Waals surface area contributed by atoms with Crippen LogP contribution < -0.4 is 15.0 Å². The van der Waals surface area contributed by atoms with Gasteiger partial charge in [-0.3, -0.25) is 9.59 Å². The molecule has 3 aromatic carbocycles. The Morgan fingerprint density at radius 2 is 1.83 bits per heavy atom. The highest BCUT2D eigenvalue weighted by atomic mass is 35.5. The molecule has 5 nitrogen and oxygen atoms in total. The lowest BCUT2D eigenvalue weighted by Gasteiger charge is -2.16. The Labute approximate surface area is 179 Å². The number of amides is 2. The van der Waals surface area contributed by atoms with Crippen LogP contribution in [0.15, 0.2) is 66.7 Å². The van der Waals surface area contributed by atoms with Crippen LogP contribution >= 0.6 is 11.6 Å². The van der Waals surface area contributed by atoms with E-state index in [4.69, 9.17) is 16.3 Å². The molecule has 0 radical (unpaired) electrons. The normalized spacial score (nSPS) is 12.8. The first-order valence-electron chi connectivity index (χ1n) is 9.36. The van der Waals surface area contributed by atoms with Gasteiger partial charge in [0.2, 0.25) is 5.91 Å². The summed E-state index contributed by atoms with van der Waals surface area (Å²) in [5.41, 5.74) is 3.34. The zero-order chi connectivity index (χ0) is 21.3. The largest absolute Gasteiger partial charge is 0.454 e. The molecule has 0 spiro atoms. The summed E-state index contributed by atoms with van der Waals surface area (Å²) in [5, 5.41) is 3.33. The van der Waals surface area contributed by atoms with E-state index >= 15 is 0 Å². The van der Waals surface area contributed by atoms with Crippen molar-refractivity contribution < 1.29 is 14.3 Å². The van der Waals surface area contributed by atoms with Crippen LogP contribution in [0.25, 0.3) is 6.08 Å². The molecule has 0 saturated carbocycles. The predicted octanol–water partition coefficient (Wildman–Crippen LogP) is 5.68. The molecule has 0 bridgehead atoms. The van der Waals surface area contributed by atoms with Gasteiger partial charge < -0.3 is 15.0 Å². The Kier molecular flexibility index (Phi) is 5.29. The summed E-state index contributed by atoms with van der Waals surface area (Å²) in [7, 11) is 1.71. The maximum Gasteiger partial charge on any atom is 0.261 e. The lowest BCUT2D eigenvalue weighted by molar-refractivity contribution is -0.111. The summed E-state index contributed by atoms with van der Waals surface area (Å²) >= 11 is 6.10. The van der Waals surface area contributed by atoms with Gasteiger partial charge in [0.15, 0.2) is 5.75 Å². The zero-order valence-corrected chi connectivity index (χ0v) is 17.2. The Morgan fingerprint density at radius 3 is 2.63 bits per heavy atom. The fourth-order valence-electron chi connectivity index (χ4n) is 3.21. The highest BCUT2D eigenvalue weighted by molar-refractivity contribution is 6.32. The first-order valence-corrected chi connectivity index (χ1v) is 9.74. The van der Waals surface area contributed by atoms with Crippen LogP contribution in [0.5, 0.6) is 11.5 Å². The second kappa shape index (κ2) is 8.05.